The lowest BCUT2D eigenvalue weighted by atomic mass is 10.2. The van der Waals surface area contributed by atoms with Crippen LogP contribution in [-0.4, -0.2) is 36.4 Å². The van der Waals surface area contributed by atoms with Crippen LogP contribution in [0.1, 0.15) is 24.2 Å². The molecular formula is C19H20F2N2O3. The van der Waals surface area contributed by atoms with E-state index < -0.39 is 24.1 Å². The molecule has 0 unspecified atom stereocenters. The Morgan fingerprint density at radius 2 is 1.69 bits per heavy atom. The van der Waals surface area contributed by atoms with E-state index in [0.717, 1.165) is 12.1 Å². The third-order valence-corrected chi connectivity index (χ3v) is 3.72. The van der Waals surface area contributed by atoms with Crippen molar-refractivity contribution >= 4 is 17.5 Å². The summed E-state index contributed by atoms with van der Waals surface area (Å²) in [6, 6.07) is 9.29. The third-order valence-electron chi connectivity index (χ3n) is 3.72. The first-order chi connectivity index (χ1) is 12.4. The number of hydrogen-bond acceptors (Lipinski definition) is 3. The maximum Gasteiger partial charge on any atom is 0.262 e. The van der Waals surface area contributed by atoms with E-state index in [0.29, 0.717) is 30.4 Å². The van der Waals surface area contributed by atoms with Gasteiger partial charge in [0.2, 0.25) is 0 Å². The lowest BCUT2D eigenvalue weighted by Crippen LogP contribution is -2.30. The standard InChI is InChI=1S/C19H20F2N2O3/c1-3-23(4-2)19(25)13-5-8-15(9-6-13)22-18(24)12-26-17-10-7-14(20)11-16(17)21/h5-11H,3-4,12H2,1-2H3,(H,22,24). The molecule has 0 atom stereocenters. The highest BCUT2D eigenvalue weighted by Gasteiger charge is 2.13. The minimum absolute atomic E-state index is 0.0806. The molecule has 5 nitrogen and oxygen atoms in total. The highest BCUT2D eigenvalue weighted by molar-refractivity contribution is 5.96. The van der Waals surface area contributed by atoms with Crippen LogP contribution in [0.3, 0.4) is 0 Å². The average molecular weight is 362 g/mol. The van der Waals surface area contributed by atoms with Crippen LogP contribution in [0.4, 0.5) is 14.5 Å². The molecule has 0 aromatic heterocycles. The Morgan fingerprint density at radius 3 is 2.27 bits per heavy atom. The third kappa shape index (κ3) is 5.02. The van der Waals surface area contributed by atoms with Crippen molar-refractivity contribution in [2.24, 2.45) is 0 Å². The van der Waals surface area contributed by atoms with Crippen molar-refractivity contribution in [1.29, 1.82) is 0 Å². The van der Waals surface area contributed by atoms with Gasteiger partial charge in [0.25, 0.3) is 11.8 Å². The second-order valence-electron chi connectivity index (χ2n) is 5.47. The molecule has 0 aliphatic rings. The van der Waals surface area contributed by atoms with Gasteiger partial charge in [-0.3, -0.25) is 9.59 Å². The minimum atomic E-state index is -0.878. The lowest BCUT2D eigenvalue weighted by Gasteiger charge is -2.18. The predicted octanol–water partition coefficient (Wildman–Crippen LogP) is 3.46. The van der Waals surface area contributed by atoms with Gasteiger partial charge in [-0.2, -0.15) is 0 Å². The van der Waals surface area contributed by atoms with Gasteiger partial charge in [-0.15, -0.1) is 0 Å². The summed E-state index contributed by atoms with van der Waals surface area (Å²) in [5.74, 6) is -2.39. The molecule has 0 bridgehead atoms. The molecule has 0 fully saturated rings. The summed E-state index contributed by atoms with van der Waals surface area (Å²) >= 11 is 0. The molecule has 7 heteroatoms. The van der Waals surface area contributed by atoms with Gasteiger partial charge < -0.3 is 15.0 Å². The van der Waals surface area contributed by atoms with Gasteiger partial charge in [-0.25, -0.2) is 8.78 Å². The molecule has 138 valence electrons. The summed E-state index contributed by atoms with van der Waals surface area (Å²) in [6.07, 6.45) is 0. The monoisotopic (exact) mass is 362 g/mol. The van der Waals surface area contributed by atoms with Crippen molar-refractivity contribution in [3.8, 4) is 5.75 Å². The number of hydrogen-bond donors (Lipinski definition) is 1. The van der Waals surface area contributed by atoms with Gasteiger partial charge in [-0.1, -0.05) is 0 Å². The van der Waals surface area contributed by atoms with E-state index in [1.54, 1.807) is 29.2 Å². The second kappa shape index (κ2) is 8.94. The van der Waals surface area contributed by atoms with Crippen LogP contribution in [0.25, 0.3) is 0 Å². The quantitative estimate of drug-likeness (QED) is 0.821. The first-order valence-electron chi connectivity index (χ1n) is 8.21. The zero-order valence-electron chi connectivity index (χ0n) is 14.6. The van der Waals surface area contributed by atoms with E-state index in [4.69, 9.17) is 4.74 Å². The molecule has 0 heterocycles. The van der Waals surface area contributed by atoms with Crippen molar-refractivity contribution < 1.29 is 23.1 Å². The Balaban J connectivity index is 1.92. The summed E-state index contributed by atoms with van der Waals surface area (Å²) in [4.78, 5) is 25.8. The Morgan fingerprint density at radius 1 is 1.04 bits per heavy atom. The number of benzene rings is 2. The molecule has 0 saturated heterocycles. The van der Waals surface area contributed by atoms with Crippen LogP contribution in [0.5, 0.6) is 5.75 Å². The van der Waals surface area contributed by atoms with E-state index in [1.165, 1.54) is 0 Å². The number of amides is 2. The van der Waals surface area contributed by atoms with Gasteiger partial charge in [0.15, 0.2) is 18.2 Å². The van der Waals surface area contributed by atoms with Crippen LogP contribution in [0.15, 0.2) is 42.5 Å². The van der Waals surface area contributed by atoms with E-state index in [-0.39, 0.29) is 11.7 Å². The van der Waals surface area contributed by atoms with E-state index in [9.17, 15) is 18.4 Å². The Labute approximate surface area is 150 Å². The summed E-state index contributed by atoms with van der Waals surface area (Å²) < 4.78 is 31.3. The number of halogens is 2. The molecular weight excluding hydrogens is 342 g/mol. The topological polar surface area (TPSA) is 58.6 Å². The zero-order chi connectivity index (χ0) is 19.1. The first-order valence-corrected chi connectivity index (χ1v) is 8.21. The maximum atomic E-state index is 13.4. The van der Waals surface area contributed by atoms with Crippen molar-refractivity contribution in [2.45, 2.75) is 13.8 Å². The van der Waals surface area contributed by atoms with Gasteiger partial charge in [0.1, 0.15) is 5.82 Å². The Bertz CT molecular complexity index is 775. The van der Waals surface area contributed by atoms with Crippen molar-refractivity contribution in [2.75, 3.05) is 25.0 Å². The minimum Gasteiger partial charge on any atom is -0.481 e. The zero-order valence-corrected chi connectivity index (χ0v) is 14.6. The van der Waals surface area contributed by atoms with Crippen LogP contribution in [0.2, 0.25) is 0 Å². The average Bonchev–Trinajstić information content (AvgIpc) is 2.62. The number of carbonyl (C=O) groups is 2. The van der Waals surface area contributed by atoms with Crippen molar-refractivity contribution in [3.05, 3.63) is 59.7 Å². The summed E-state index contributed by atoms with van der Waals surface area (Å²) in [5.41, 5.74) is 1.01. The molecule has 2 aromatic carbocycles. The summed E-state index contributed by atoms with van der Waals surface area (Å²) in [7, 11) is 0. The number of anilines is 1. The molecule has 0 radical (unpaired) electrons. The van der Waals surface area contributed by atoms with Crippen LogP contribution < -0.4 is 10.1 Å². The Hall–Kier alpha value is -2.96. The lowest BCUT2D eigenvalue weighted by molar-refractivity contribution is -0.118. The number of ether oxygens (including phenoxy) is 1. The second-order valence-corrected chi connectivity index (χ2v) is 5.47. The predicted molar refractivity (Wildman–Crippen MR) is 94.2 cm³/mol. The van der Waals surface area contributed by atoms with E-state index in [1.807, 2.05) is 13.8 Å². The van der Waals surface area contributed by atoms with E-state index >= 15 is 0 Å². The van der Waals surface area contributed by atoms with Crippen LogP contribution in [-0.2, 0) is 4.79 Å². The van der Waals surface area contributed by atoms with Crippen molar-refractivity contribution in [1.82, 2.24) is 4.90 Å². The molecule has 1 N–H and O–H groups in total. The summed E-state index contributed by atoms with van der Waals surface area (Å²) in [6.45, 7) is 4.61. The highest BCUT2D eigenvalue weighted by atomic mass is 19.1. The van der Waals surface area contributed by atoms with Crippen LogP contribution >= 0.6 is 0 Å². The highest BCUT2D eigenvalue weighted by Crippen LogP contribution is 2.17. The fourth-order valence-electron chi connectivity index (χ4n) is 2.32. The van der Waals surface area contributed by atoms with Gasteiger partial charge in [0, 0.05) is 30.4 Å². The van der Waals surface area contributed by atoms with Gasteiger partial charge in [-0.05, 0) is 50.2 Å². The smallest absolute Gasteiger partial charge is 0.262 e. The largest absolute Gasteiger partial charge is 0.481 e. The fraction of sp³-hybridized carbons (Fsp3) is 0.263. The molecule has 2 rings (SSSR count). The fourth-order valence-corrected chi connectivity index (χ4v) is 2.32. The molecule has 26 heavy (non-hydrogen) atoms. The van der Waals surface area contributed by atoms with Crippen molar-refractivity contribution in [3.63, 3.8) is 0 Å². The number of rotatable bonds is 7. The molecule has 0 saturated carbocycles. The molecule has 2 aromatic rings. The maximum absolute atomic E-state index is 13.4. The number of carbonyl (C=O) groups excluding carboxylic acids is 2. The van der Waals surface area contributed by atoms with E-state index in [2.05, 4.69) is 5.32 Å². The first kappa shape index (κ1) is 19.4. The van der Waals surface area contributed by atoms with Gasteiger partial charge in [0.05, 0.1) is 0 Å². The molecule has 0 spiro atoms. The normalized spacial score (nSPS) is 10.3. The summed E-state index contributed by atoms with van der Waals surface area (Å²) in [5, 5.41) is 2.58. The number of nitrogens with zero attached hydrogens (tertiary/aromatic N) is 1. The molecule has 2 amide bonds. The SMILES string of the molecule is CCN(CC)C(=O)c1ccc(NC(=O)COc2ccc(F)cc2F)cc1. The van der Waals surface area contributed by atoms with Gasteiger partial charge >= 0.3 is 0 Å². The molecule has 0 aliphatic carbocycles. The number of nitrogens with one attached hydrogen (secondary N) is 1. The molecule has 0 aliphatic heterocycles. The van der Waals surface area contributed by atoms with Crippen LogP contribution in [0, 0.1) is 11.6 Å². The Kier molecular flexibility index (Phi) is 6.66.